The standard InChI is InChI=1S/C13H17N5O/c1-4-18-7-11(8(2)16-18)9-5-12(19)15-13-10(9)6-14-17(13)3/h6-7,9H,4-5H2,1-3H3,(H,15,19)/t9-/m1/s1. The minimum absolute atomic E-state index is 0.0322. The molecule has 0 aromatic carbocycles. The lowest BCUT2D eigenvalue weighted by molar-refractivity contribution is -0.116. The second-order valence-corrected chi connectivity index (χ2v) is 4.90. The topological polar surface area (TPSA) is 64.7 Å². The number of carbonyl (C=O) groups excluding carboxylic acids is 1. The van der Waals surface area contributed by atoms with Gasteiger partial charge in [0.15, 0.2) is 0 Å². The molecule has 0 bridgehead atoms. The van der Waals surface area contributed by atoms with Crippen LogP contribution in [-0.4, -0.2) is 25.5 Å². The largest absolute Gasteiger partial charge is 0.311 e. The van der Waals surface area contributed by atoms with Crippen LogP contribution in [0.2, 0.25) is 0 Å². The average Bonchev–Trinajstić information content (AvgIpc) is 2.93. The fourth-order valence-corrected chi connectivity index (χ4v) is 2.66. The molecule has 6 heteroatoms. The summed E-state index contributed by atoms with van der Waals surface area (Å²) in [5.74, 6) is 0.882. The Hall–Kier alpha value is -2.11. The molecule has 100 valence electrons. The van der Waals surface area contributed by atoms with Crippen LogP contribution < -0.4 is 5.32 Å². The molecule has 0 aliphatic carbocycles. The molecule has 2 aromatic heterocycles. The van der Waals surface area contributed by atoms with Gasteiger partial charge < -0.3 is 5.32 Å². The highest BCUT2D eigenvalue weighted by atomic mass is 16.1. The van der Waals surface area contributed by atoms with Crippen LogP contribution in [0, 0.1) is 6.92 Å². The monoisotopic (exact) mass is 259 g/mol. The summed E-state index contributed by atoms with van der Waals surface area (Å²) in [5.41, 5.74) is 3.17. The Morgan fingerprint density at radius 1 is 1.47 bits per heavy atom. The lowest BCUT2D eigenvalue weighted by atomic mass is 9.88. The summed E-state index contributed by atoms with van der Waals surface area (Å²) in [6, 6.07) is 0. The van der Waals surface area contributed by atoms with Crippen molar-refractivity contribution in [2.75, 3.05) is 5.32 Å². The quantitative estimate of drug-likeness (QED) is 0.887. The van der Waals surface area contributed by atoms with Crippen molar-refractivity contribution in [2.45, 2.75) is 32.7 Å². The van der Waals surface area contributed by atoms with E-state index in [4.69, 9.17) is 0 Å². The van der Waals surface area contributed by atoms with Gasteiger partial charge in [-0.05, 0) is 13.8 Å². The molecule has 0 spiro atoms. The van der Waals surface area contributed by atoms with Gasteiger partial charge in [-0.25, -0.2) is 0 Å². The zero-order valence-corrected chi connectivity index (χ0v) is 11.3. The fraction of sp³-hybridized carbons (Fsp3) is 0.462. The third-order valence-corrected chi connectivity index (χ3v) is 3.67. The average molecular weight is 259 g/mol. The van der Waals surface area contributed by atoms with Crippen molar-refractivity contribution >= 4 is 11.7 Å². The molecule has 1 aliphatic heterocycles. The van der Waals surface area contributed by atoms with E-state index in [1.54, 1.807) is 4.68 Å². The summed E-state index contributed by atoms with van der Waals surface area (Å²) in [7, 11) is 1.84. The molecule has 0 saturated carbocycles. The SMILES string of the molecule is CCn1cc([C@@H]2CC(=O)Nc3c2cnn3C)c(C)n1. The van der Waals surface area contributed by atoms with Gasteiger partial charge in [0.25, 0.3) is 0 Å². The number of fused-ring (bicyclic) bond motifs is 1. The number of aromatic nitrogens is 4. The fourth-order valence-electron chi connectivity index (χ4n) is 2.66. The smallest absolute Gasteiger partial charge is 0.226 e. The summed E-state index contributed by atoms with van der Waals surface area (Å²) >= 11 is 0. The lowest BCUT2D eigenvalue weighted by Gasteiger charge is -2.22. The van der Waals surface area contributed by atoms with E-state index in [0.29, 0.717) is 6.42 Å². The lowest BCUT2D eigenvalue weighted by Crippen LogP contribution is -2.24. The van der Waals surface area contributed by atoms with Gasteiger partial charge in [0.05, 0.1) is 11.9 Å². The molecular weight excluding hydrogens is 242 g/mol. The van der Waals surface area contributed by atoms with Gasteiger partial charge in [-0.15, -0.1) is 0 Å². The summed E-state index contributed by atoms with van der Waals surface area (Å²) in [6.45, 7) is 4.88. The van der Waals surface area contributed by atoms with Gasteiger partial charge in [-0.1, -0.05) is 0 Å². The first-order valence-electron chi connectivity index (χ1n) is 6.45. The predicted octanol–water partition coefficient (Wildman–Crippen LogP) is 1.42. The molecule has 1 amide bonds. The second-order valence-electron chi connectivity index (χ2n) is 4.90. The van der Waals surface area contributed by atoms with Crippen LogP contribution in [0.25, 0.3) is 0 Å². The van der Waals surface area contributed by atoms with Crippen LogP contribution >= 0.6 is 0 Å². The molecule has 19 heavy (non-hydrogen) atoms. The molecule has 0 radical (unpaired) electrons. The highest BCUT2D eigenvalue weighted by molar-refractivity contribution is 5.94. The number of carbonyl (C=O) groups is 1. The maximum atomic E-state index is 11.9. The van der Waals surface area contributed by atoms with Crippen molar-refractivity contribution in [3.63, 3.8) is 0 Å². The van der Waals surface area contributed by atoms with Gasteiger partial charge in [0, 0.05) is 43.3 Å². The minimum atomic E-state index is 0.0322. The van der Waals surface area contributed by atoms with Gasteiger partial charge in [-0.3, -0.25) is 14.2 Å². The Bertz CT molecular complexity index is 639. The molecule has 1 atom stereocenters. The van der Waals surface area contributed by atoms with Crippen LogP contribution in [0.5, 0.6) is 0 Å². The third kappa shape index (κ3) is 1.83. The summed E-state index contributed by atoms with van der Waals surface area (Å²) in [6.07, 6.45) is 4.33. The summed E-state index contributed by atoms with van der Waals surface area (Å²) < 4.78 is 3.62. The number of rotatable bonds is 2. The molecule has 6 nitrogen and oxygen atoms in total. The van der Waals surface area contributed by atoms with E-state index >= 15 is 0 Å². The van der Waals surface area contributed by atoms with Crippen molar-refractivity contribution in [3.05, 3.63) is 29.2 Å². The maximum absolute atomic E-state index is 11.9. The first-order chi connectivity index (χ1) is 9.10. The highest BCUT2D eigenvalue weighted by Gasteiger charge is 2.31. The van der Waals surface area contributed by atoms with Crippen molar-refractivity contribution in [3.8, 4) is 0 Å². The van der Waals surface area contributed by atoms with E-state index in [0.717, 1.165) is 29.2 Å². The number of amides is 1. The highest BCUT2D eigenvalue weighted by Crippen LogP contribution is 2.37. The molecular formula is C13H17N5O. The van der Waals surface area contributed by atoms with Crippen molar-refractivity contribution < 1.29 is 4.79 Å². The number of nitrogens with zero attached hydrogens (tertiary/aromatic N) is 4. The number of hydrogen-bond acceptors (Lipinski definition) is 3. The number of hydrogen-bond donors (Lipinski definition) is 1. The molecule has 3 heterocycles. The molecule has 0 saturated heterocycles. The van der Waals surface area contributed by atoms with Crippen LogP contribution in [0.1, 0.15) is 36.1 Å². The first kappa shape index (κ1) is 12.0. The van der Waals surface area contributed by atoms with Gasteiger partial charge in [-0.2, -0.15) is 10.2 Å². The first-order valence-corrected chi connectivity index (χ1v) is 6.45. The molecule has 0 fully saturated rings. The Labute approximate surface area is 111 Å². The Kier molecular flexibility index (Phi) is 2.66. The zero-order valence-electron chi connectivity index (χ0n) is 11.3. The van der Waals surface area contributed by atoms with E-state index in [9.17, 15) is 4.79 Å². The summed E-state index contributed by atoms with van der Waals surface area (Å²) in [5, 5.41) is 11.6. The Morgan fingerprint density at radius 2 is 2.26 bits per heavy atom. The zero-order chi connectivity index (χ0) is 13.6. The Morgan fingerprint density at radius 3 is 2.95 bits per heavy atom. The van der Waals surface area contributed by atoms with E-state index < -0.39 is 0 Å². The molecule has 1 aliphatic rings. The van der Waals surface area contributed by atoms with E-state index in [1.807, 2.05) is 31.0 Å². The van der Waals surface area contributed by atoms with E-state index in [2.05, 4.69) is 22.4 Å². The van der Waals surface area contributed by atoms with Crippen LogP contribution in [-0.2, 0) is 18.4 Å². The number of aryl methyl sites for hydroxylation is 3. The second kappa shape index (κ2) is 4.22. The van der Waals surface area contributed by atoms with E-state index in [1.165, 1.54) is 0 Å². The molecule has 2 aromatic rings. The van der Waals surface area contributed by atoms with E-state index in [-0.39, 0.29) is 11.8 Å². The predicted molar refractivity (Wildman–Crippen MR) is 70.9 cm³/mol. The van der Waals surface area contributed by atoms with Crippen LogP contribution in [0.4, 0.5) is 5.82 Å². The van der Waals surface area contributed by atoms with Crippen molar-refractivity contribution in [1.29, 1.82) is 0 Å². The molecule has 1 N–H and O–H groups in total. The van der Waals surface area contributed by atoms with Crippen molar-refractivity contribution in [2.24, 2.45) is 7.05 Å². The number of anilines is 1. The van der Waals surface area contributed by atoms with Crippen LogP contribution in [0.15, 0.2) is 12.4 Å². The van der Waals surface area contributed by atoms with Gasteiger partial charge in [0.2, 0.25) is 5.91 Å². The third-order valence-electron chi connectivity index (χ3n) is 3.67. The number of nitrogens with one attached hydrogen (secondary N) is 1. The van der Waals surface area contributed by atoms with Crippen LogP contribution in [0.3, 0.4) is 0 Å². The Balaban J connectivity index is 2.09. The van der Waals surface area contributed by atoms with Gasteiger partial charge >= 0.3 is 0 Å². The van der Waals surface area contributed by atoms with Gasteiger partial charge in [0.1, 0.15) is 5.82 Å². The normalized spacial score (nSPS) is 18.3. The molecule has 0 unspecified atom stereocenters. The summed E-state index contributed by atoms with van der Waals surface area (Å²) in [4.78, 5) is 11.9. The minimum Gasteiger partial charge on any atom is -0.311 e. The maximum Gasteiger partial charge on any atom is 0.226 e. The van der Waals surface area contributed by atoms with Crippen molar-refractivity contribution in [1.82, 2.24) is 19.6 Å². The molecule has 3 rings (SSSR count).